The fourth-order valence-corrected chi connectivity index (χ4v) is 2.21. The van der Waals surface area contributed by atoms with E-state index in [0.29, 0.717) is 17.1 Å². The summed E-state index contributed by atoms with van der Waals surface area (Å²) in [5.41, 5.74) is 2.45. The zero-order chi connectivity index (χ0) is 15.4. The third-order valence-electron chi connectivity index (χ3n) is 3.16. The van der Waals surface area contributed by atoms with Gasteiger partial charge in [0, 0.05) is 12.1 Å². The van der Waals surface area contributed by atoms with Crippen LogP contribution in [0, 0.1) is 0 Å². The van der Waals surface area contributed by atoms with Gasteiger partial charge in [-0.15, -0.1) is 0 Å². The minimum Gasteiger partial charge on any atom is -0.508 e. The van der Waals surface area contributed by atoms with Gasteiger partial charge in [-0.05, 0) is 47.9 Å². The third kappa shape index (κ3) is 3.28. The second-order valence-electron chi connectivity index (χ2n) is 4.54. The van der Waals surface area contributed by atoms with Gasteiger partial charge in [-0.1, -0.05) is 6.08 Å². The maximum absolute atomic E-state index is 9.65. The molecule has 0 atom stereocenters. The van der Waals surface area contributed by atoms with E-state index in [0.717, 1.165) is 11.1 Å². The van der Waals surface area contributed by atoms with Gasteiger partial charge in [0.1, 0.15) is 23.0 Å². The van der Waals surface area contributed by atoms with E-state index in [-0.39, 0.29) is 11.5 Å². The van der Waals surface area contributed by atoms with E-state index in [1.807, 2.05) is 25.1 Å². The molecule has 0 amide bonds. The number of allylic oxidation sites excluding steroid dienone is 1. The Morgan fingerprint density at radius 2 is 1.29 bits per heavy atom. The van der Waals surface area contributed by atoms with E-state index in [2.05, 4.69) is 0 Å². The predicted octanol–water partition coefficient (Wildman–Crippen LogP) is 3.57. The summed E-state index contributed by atoms with van der Waals surface area (Å²) in [6.07, 6.45) is 1.91. The lowest BCUT2D eigenvalue weighted by molar-refractivity contribution is 0.394. The molecule has 0 heterocycles. The summed E-state index contributed by atoms with van der Waals surface area (Å²) < 4.78 is 10.5. The lowest BCUT2D eigenvalue weighted by Crippen LogP contribution is -1.93. The number of ether oxygens (including phenoxy) is 2. The van der Waals surface area contributed by atoms with E-state index in [1.165, 1.54) is 6.07 Å². The zero-order valence-electron chi connectivity index (χ0n) is 12.3. The second-order valence-corrected chi connectivity index (χ2v) is 4.54. The van der Waals surface area contributed by atoms with Crippen molar-refractivity contribution in [2.75, 3.05) is 14.2 Å². The highest BCUT2D eigenvalue weighted by molar-refractivity contribution is 5.82. The monoisotopic (exact) mass is 286 g/mol. The van der Waals surface area contributed by atoms with Crippen molar-refractivity contribution in [3.63, 3.8) is 0 Å². The summed E-state index contributed by atoms with van der Waals surface area (Å²) in [4.78, 5) is 0. The highest BCUT2D eigenvalue weighted by Crippen LogP contribution is 2.33. The molecule has 0 aromatic heterocycles. The van der Waals surface area contributed by atoms with Crippen LogP contribution in [0.5, 0.6) is 23.0 Å². The van der Waals surface area contributed by atoms with Gasteiger partial charge in [0.15, 0.2) is 0 Å². The molecule has 2 rings (SSSR count). The molecule has 2 N–H and O–H groups in total. The number of phenols is 2. The Morgan fingerprint density at radius 3 is 1.71 bits per heavy atom. The van der Waals surface area contributed by atoms with Crippen molar-refractivity contribution >= 4 is 5.57 Å². The molecule has 0 spiro atoms. The topological polar surface area (TPSA) is 58.9 Å². The molecule has 4 nitrogen and oxygen atoms in total. The average molecular weight is 286 g/mol. The Bertz CT molecular complexity index is 632. The van der Waals surface area contributed by atoms with E-state index in [4.69, 9.17) is 9.47 Å². The Kier molecular flexibility index (Phi) is 4.38. The number of phenolic OH excluding ortho intramolecular Hbond substituents is 2. The first kappa shape index (κ1) is 14.8. The molecule has 0 aliphatic rings. The highest BCUT2D eigenvalue weighted by atomic mass is 16.5. The summed E-state index contributed by atoms with van der Waals surface area (Å²) >= 11 is 0. The third-order valence-corrected chi connectivity index (χ3v) is 3.16. The molecule has 2 aromatic rings. The van der Waals surface area contributed by atoms with Crippen molar-refractivity contribution in [2.24, 2.45) is 0 Å². The van der Waals surface area contributed by atoms with Gasteiger partial charge in [0.25, 0.3) is 0 Å². The lowest BCUT2D eigenvalue weighted by Gasteiger charge is -2.12. The minimum atomic E-state index is 0.0132. The standard InChI is InChI=1S/C17H18O4/c1-4-17(11-5-13(18)9-14(19)6-11)12-7-15(20-2)10-16(8-12)21-3/h4-10,18-19H,1-3H3. The smallest absolute Gasteiger partial charge is 0.123 e. The summed E-state index contributed by atoms with van der Waals surface area (Å²) in [5, 5.41) is 19.3. The number of aromatic hydroxyl groups is 2. The molecular formula is C17H18O4. The van der Waals surface area contributed by atoms with Gasteiger partial charge in [0.05, 0.1) is 14.2 Å². The van der Waals surface area contributed by atoms with Crippen LogP contribution in [0.4, 0.5) is 0 Å². The first-order valence-corrected chi connectivity index (χ1v) is 6.50. The van der Waals surface area contributed by atoms with Crippen LogP contribution in [0.3, 0.4) is 0 Å². The van der Waals surface area contributed by atoms with Gasteiger partial charge >= 0.3 is 0 Å². The molecule has 0 unspecified atom stereocenters. The molecule has 0 bridgehead atoms. The second kappa shape index (κ2) is 6.22. The van der Waals surface area contributed by atoms with Crippen LogP contribution in [0.25, 0.3) is 5.57 Å². The van der Waals surface area contributed by atoms with Crippen molar-refractivity contribution in [1.82, 2.24) is 0 Å². The van der Waals surface area contributed by atoms with Crippen LogP contribution < -0.4 is 9.47 Å². The average Bonchev–Trinajstić information content (AvgIpc) is 2.46. The molecule has 0 fully saturated rings. The Morgan fingerprint density at radius 1 is 0.810 bits per heavy atom. The van der Waals surface area contributed by atoms with Crippen LogP contribution in [0.1, 0.15) is 18.1 Å². The molecule has 0 aliphatic heterocycles. The first-order chi connectivity index (χ1) is 10.1. The van der Waals surface area contributed by atoms with E-state index < -0.39 is 0 Å². The number of methoxy groups -OCH3 is 2. The number of hydrogen-bond donors (Lipinski definition) is 2. The maximum Gasteiger partial charge on any atom is 0.123 e. The maximum atomic E-state index is 9.65. The zero-order valence-corrected chi connectivity index (χ0v) is 12.3. The SMILES string of the molecule is CC=C(c1cc(O)cc(O)c1)c1cc(OC)cc(OC)c1. The Labute approximate surface area is 123 Å². The van der Waals surface area contributed by atoms with Crippen molar-refractivity contribution in [3.05, 3.63) is 53.6 Å². The van der Waals surface area contributed by atoms with Gasteiger partial charge < -0.3 is 19.7 Å². The summed E-state index contributed by atoms with van der Waals surface area (Å²) in [6, 6.07) is 10.0. The lowest BCUT2D eigenvalue weighted by atomic mass is 9.97. The van der Waals surface area contributed by atoms with Crippen LogP contribution in [0.15, 0.2) is 42.5 Å². The molecule has 0 saturated carbocycles. The fraction of sp³-hybridized carbons (Fsp3) is 0.176. The molecule has 21 heavy (non-hydrogen) atoms. The number of rotatable bonds is 4. The van der Waals surface area contributed by atoms with E-state index in [9.17, 15) is 10.2 Å². The predicted molar refractivity (Wildman–Crippen MR) is 82.1 cm³/mol. The van der Waals surface area contributed by atoms with Crippen LogP contribution >= 0.6 is 0 Å². The highest BCUT2D eigenvalue weighted by Gasteiger charge is 2.10. The fourth-order valence-electron chi connectivity index (χ4n) is 2.21. The van der Waals surface area contributed by atoms with Crippen LogP contribution in [0.2, 0.25) is 0 Å². The van der Waals surface area contributed by atoms with Gasteiger partial charge in [-0.2, -0.15) is 0 Å². The van der Waals surface area contributed by atoms with E-state index >= 15 is 0 Å². The van der Waals surface area contributed by atoms with E-state index in [1.54, 1.807) is 32.4 Å². The van der Waals surface area contributed by atoms with Gasteiger partial charge in [-0.3, -0.25) is 0 Å². The number of benzene rings is 2. The molecule has 2 aromatic carbocycles. The van der Waals surface area contributed by atoms with Gasteiger partial charge in [0.2, 0.25) is 0 Å². The van der Waals surface area contributed by atoms with Gasteiger partial charge in [-0.25, -0.2) is 0 Å². The molecule has 0 radical (unpaired) electrons. The van der Waals surface area contributed by atoms with Crippen molar-refractivity contribution in [2.45, 2.75) is 6.92 Å². The molecule has 0 aliphatic carbocycles. The molecular weight excluding hydrogens is 268 g/mol. The first-order valence-electron chi connectivity index (χ1n) is 6.50. The summed E-state index contributed by atoms with van der Waals surface area (Å²) in [7, 11) is 3.18. The molecule has 0 saturated heterocycles. The largest absolute Gasteiger partial charge is 0.508 e. The quantitative estimate of drug-likeness (QED) is 0.902. The van der Waals surface area contributed by atoms with Crippen LogP contribution in [-0.2, 0) is 0 Å². The van der Waals surface area contributed by atoms with Crippen molar-refractivity contribution in [1.29, 1.82) is 0 Å². The molecule has 4 heteroatoms. The number of hydrogen-bond acceptors (Lipinski definition) is 4. The minimum absolute atomic E-state index is 0.0132. The summed E-state index contributed by atoms with van der Waals surface area (Å²) in [6.45, 7) is 1.89. The Hall–Kier alpha value is -2.62. The molecule has 110 valence electrons. The normalized spacial score (nSPS) is 11.3. The van der Waals surface area contributed by atoms with Crippen molar-refractivity contribution < 1.29 is 19.7 Å². The van der Waals surface area contributed by atoms with Crippen LogP contribution in [-0.4, -0.2) is 24.4 Å². The summed E-state index contributed by atoms with van der Waals surface area (Å²) in [5.74, 6) is 1.37. The Balaban J connectivity index is 2.56. The van der Waals surface area contributed by atoms with Crippen molar-refractivity contribution in [3.8, 4) is 23.0 Å².